The van der Waals surface area contributed by atoms with Crippen molar-refractivity contribution in [1.82, 2.24) is 20.1 Å². The van der Waals surface area contributed by atoms with Crippen LogP contribution in [0.1, 0.15) is 18.3 Å². The number of carbonyl (C=O) groups is 1. The van der Waals surface area contributed by atoms with Crippen LogP contribution in [0.2, 0.25) is 0 Å². The summed E-state index contributed by atoms with van der Waals surface area (Å²) in [6.45, 7) is 8.61. The number of piperazine rings is 1. The van der Waals surface area contributed by atoms with E-state index in [0.717, 1.165) is 44.0 Å². The molecule has 116 valence electrons. The van der Waals surface area contributed by atoms with Crippen molar-refractivity contribution < 1.29 is 4.79 Å². The molecular weight excluding hydrogens is 264 g/mol. The number of carbonyl (C=O) groups excluding carboxylic acids is 1. The van der Waals surface area contributed by atoms with E-state index >= 15 is 0 Å². The molecule has 2 heterocycles. The van der Waals surface area contributed by atoms with Crippen LogP contribution in [-0.2, 0) is 11.2 Å². The Morgan fingerprint density at radius 3 is 2.71 bits per heavy atom. The minimum atomic E-state index is -0.0517. The van der Waals surface area contributed by atoms with Crippen LogP contribution in [0.15, 0.2) is 18.2 Å². The van der Waals surface area contributed by atoms with E-state index in [2.05, 4.69) is 27.1 Å². The van der Waals surface area contributed by atoms with Gasteiger partial charge in [0.25, 0.3) is 0 Å². The maximum atomic E-state index is 12.2. The highest BCUT2D eigenvalue weighted by Crippen LogP contribution is 2.05. The number of nitrogens with one attached hydrogen (secondary N) is 1. The van der Waals surface area contributed by atoms with E-state index in [4.69, 9.17) is 0 Å². The van der Waals surface area contributed by atoms with Gasteiger partial charge >= 0.3 is 0 Å². The zero-order valence-corrected chi connectivity index (χ0v) is 13.3. The summed E-state index contributed by atoms with van der Waals surface area (Å²) in [5, 5.41) is 3.02. The van der Waals surface area contributed by atoms with Gasteiger partial charge in [0.2, 0.25) is 5.91 Å². The van der Waals surface area contributed by atoms with Crippen LogP contribution in [0.5, 0.6) is 0 Å². The van der Waals surface area contributed by atoms with Crippen molar-refractivity contribution in [2.75, 3.05) is 39.8 Å². The van der Waals surface area contributed by atoms with Gasteiger partial charge in [0.05, 0.1) is 6.04 Å². The Bertz CT molecular complexity index is 469. The summed E-state index contributed by atoms with van der Waals surface area (Å²) >= 11 is 0. The van der Waals surface area contributed by atoms with Crippen molar-refractivity contribution in [2.45, 2.75) is 26.3 Å². The molecule has 1 aromatic rings. The van der Waals surface area contributed by atoms with Gasteiger partial charge in [0, 0.05) is 50.5 Å². The molecule has 1 amide bonds. The second kappa shape index (κ2) is 7.52. The van der Waals surface area contributed by atoms with Gasteiger partial charge in [0.15, 0.2) is 0 Å². The normalized spacial score (nSPS) is 18.4. The first kappa shape index (κ1) is 15.9. The van der Waals surface area contributed by atoms with Crippen molar-refractivity contribution in [1.29, 1.82) is 0 Å². The molecule has 0 aromatic carbocycles. The lowest BCUT2D eigenvalue weighted by molar-refractivity contribution is -0.126. The van der Waals surface area contributed by atoms with Gasteiger partial charge in [-0.25, -0.2) is 0 Å². The molecule has 1 N–H and O–H groups in total. The van der Waals surface area contributed by atoms with E-state index in [1.54, 1.807) is 0 Å². The van der Waals surface area contributed by atoms with Crippen molar-refractivity contribution in [3.05, 3.63) is 29.6 Å². The number of hydrogen-bond donors (Lipinski definition) is 1. The van der Waals surface area contributed by atoms with Gasteiger partial charge < -0.3 is 10.2 Å². The average molecular weight is 290 g/mol. The SMILES string of the molecule is Cc1cccc(CCNC(=O)[C@@H](C)N2CCN(C)CC2)n1. The molecule has 21 heavy (non-hydrogen) atoms. The van der Waals surface area contributed by atoms with Gasteiger partial charge in [-0.3, -0.25) is 14.7 Å². The maximum Gasteiger partial charge on any atom is 0.237 e. The lowest BCUT2D eigenvalue weighted by Crippen LogP contribution is -2.53. The number of amides is 1. The molecule has 0 saturated carbocycles. The van der Waals surface area contributed by atoms with Crippen LogP contribution in [0.25, 0.3) is 0 Å². The molecule has 5 heteroatoms. The predicted molar refractivity (Wildman–Crippen MR) is 84.2 cm³/mol. The Labute approximate surface area is 127 Å². The quantitative estimate of drug-likeness (QED) is 0.866. The minimum Gasteiger partial charge on any atom is -0.354 e. The predicted octanol–water partition coefficient (Wildman–Crippen LogP) is 0.685. The van der Waals surface area contributed by atoms with E-state index in [1.807, 2.05) is 32.0 Å². The second-order valence-corrected chi connectivity index (χ2v) is 5.83. The van der Waals surface area contributed by atoms with Crippen molar-refractivity contribution in [2.24, 2.45) is 0 Å². The third-order valence-corrected chi connectivity index (χ3v) is 4.09. The summed E-state index contributed by atoms with van der Waals surface area (Å²) in [6.07, 6.45) is 0.781. The maximum absolute atomic E-state index is 12.2. The number of likely N-dealkylation sites (N-methyl/N-ethyl adjacent to an activating group) is 1. The number of hydrogen-bond acceptors (Lipinski definition) is 4. The van der Waals surface area contributed by atoms with Crippen LogP contribution in [0.3, 0.4) is 0 Å². The van der Waals surface area contributed by atoms with Crippen LogP contribution < -0.4 is 5.32 Å². The summed E-state index contributed by atoms with van der Waals surface area (Å²) in [4.78, 5) is 21.2. The first-order valence-corrected chi connectivity index (χ1v) is 7.69. The summed E-state index contributed by atoms with van der Waals surface area (Å²) in [6, 6.07) is 5.94. The summed E-state index contributed by atoms with van der Waals surface area (Å²) < 4.78 is 0. The van der Waals surface area contributed by atoms with E-state index in [1.165, 1.54) is 0 Å². The molecular formula is C16H26N4O. The first-order valence-electron chi connectivity index (χ1n) is 7.69. The van der Waals surface area contributed by atoms with E-state index < -0.39 is 0 Å². The fourth-order valence-corrected chi connectivity index (χ4v) is 2.58. The van der Waals surface area contributed by atoms with Crippen LogP contribution in [0, 0.1) is 6.92 Å². The van der Waals surface area contributed by atoms with Crippen LogP contribution in [-0.4, -0.2) is 66.5 Å². The topological polar surface area (TPSA) is 48.5 Å². The second-order valence-electron chi connectivity index (χ2n) is 5.83. The number of pyridine rings is 1. The molecule has 1 fully saturated rings. The van der Waals surface area contributed by atoms with E-state index in [0.29, 0.717) is 6.54 Å². The Kier molecular flexibility index (Phi) is 5.70. The number of nitrogens with zero attached hydrogens (tertiary/aromatic N) is 3. The monoisotopic (exact) mass is 290 g/mol. The Morgan fingerprint density at radius 1 is 1.33 bits per heavy atom. The molecule has 1 atom stereocenters. The Morgan fingerprint density at radius 2 is 2.05 bits per heavy atom. The zero-order chi connectivity index (χ0) is 15.2. The standard InChI is InChI=1S/C16H26N4O/c1-13-5-4-6-15(18-13)7-8-17-16(21)14(2)20-11-9-19(3)10-12-20/h4-6,14H,7-12H2,1-3H3,(H,17,21)/t14-/m1/s1. The Balaban J connectivity index is 1.74. The molecule has 1 aliphatic rings. The molecule has 0 spiro atoms. The fourth-order valence-electron chi connectivity index (χ4n) is 2.58. The van der Waals surface area contributed by atoms with Crippen LogP contribution >= 0.6 is 0 Å². The third-order valence-electron chi connectivity index (χ3n) is 4.09. The van der Waals surface area contributed by atoms with Gasteiger partial charge in [-0.15, -0.1) is 0 Å². The summed E-state index contributed by atoms with van der Waals surface area (Å²) in [5.74, 6) is 0.118. The van der Waals surface area contributed by atoms with Gasteiger partial charge in [-0.05, 0) is 33.0 Å². The van der Waals surface area contributed by atoms with Crippen molar-refractivity contribution >= 4 is 5.91 Å². The Hall–Kier alpha value is -1.46. The molecule has 0 aliphatic carbocycles. The van der Waals surface area contributed by atoms with E-state index in [-0.39, 0.29) is 11.9 Å². The molecule has 0 bridgehead atoms. The van der Waals surface area contributed by atoms with Gasteiger partial charge in [-0.2, -0.15) is 0 Å². The lowest BCUT2D eigenvalue weighted by atomic mass is 10.2. The van der Waals surface area contributed by atoms with Crippen LogP contribution in [0.4, 0.5) is 0 Å². The number of rotatable bonds is 5. The molecule has 2 rings (SSSR count). The number of aromatic nitrogens is 1. The molecule has 1 aromatic heterocycles. The van der Waals surface area contributed by atoms with Crippen molar-refractivity contribution in [3.8, 4) is 0 Å². The molecule has 0 unspecified atom stereocenters. The smallest absolute Gasteiger partial charge is 0.237 e. The summed E-state index contributed by atoms with van der Waals surface area (Å²) in [5.41, 5.74) is 2.05. The largest absolute Gasteiger partial charge is 0.354 e. The molecule has 1 aliphatic heterocycles. The van der Waals surface area contributed by atoms with Gasteiger partial charge in [-0.1, -0.05) is 6.07 Å². The highest BCUT2D eigenvalue weighted by atomic mass is 16.2. The highest BCUT2D eigenvalue weighted by molar-refractivity contribution is 5.81. The molecule has 1 saturated heterocycles. The van der Waals surface area contributed by atoms with Gasteiger partial charge in [0.1, 0.15) is 0 Å². The minimum absolute atomic E-state index is 0.0517. The third kappa shape index (κ3) is 4.79. The zero-order valence-electron chi connectivity index (χ0n) is 13.3. The lowest BCUT2D eigenvalue weighted by Gasteiger charge is -2.35. The molecule has 5 nitrogen and oxygen atoms in total. The average Bonchev–Trinajstić information content (AvgIpc) is 2.47. The first-order chi connectivity index (χ1) is 10.1. The number of aryl methyl sites for hydroxylation is 1. The molecule has 0 radical (unpaired) electrons. The van der Waals surface area contributed by atoms with Crippen molar-refractivity contribution in [3.63, 3.8) is 0 Å². The fraction of sp³-hybridized carbons (Fsp3) is 0.625. The highest BCUT2D eigenvalue weighted by Gasteiger charge is 2.23. The van der Waals surface area contributed by atoms with E-state index in [9.17, 15) is 4.79 Å². The summed E-state index contributed by atoms with van der Waals surface area (Å²) in [7, 11) is 2.12.